The number of halogens is 1. The van der Waals surface area contributed by atoms with Crippen LogP contribution in [0, 0.1) is 5.82 Å². The van der Waals surface area contributed by atoms with E-state index in [9.17, 15) is 19.1 Å². The number of aliphatic carboxylic acids is 1. The minimum Gasteiger partial charge on any atom is -0.491 e. The van der Waals surface area contributed by atoms with Crippen LogP contribution in [0.15, 0.2) is 24.3 Å². The summed E-state index contributed by atoms with van der Waals surface area (Å²) in [4.78, 5) is 24.9. The highest BCUT2D eigenvalue weighted by molar-refractivity contribution is 5.87. The number of ether oxygens (including phenoxy) is 1. The van der Waals surface area contributed by atoms with Crippen molar-refractivity contribution in [1.82, 2.24) is 4.90 Å². The van der Waals surface area contributed by atoms with Crippen LogP contribution in [0.1, 0.15) is 32.6 Å². The predicted molar refractivity (Wildman–Crippen MR) is 78.1 cm³/mol. The number of carbonyl (C=O) groups excluding carboxylic acids is 1. The summed E-state index contributed by atoms with van der Waals surface area (Å²) in [6.45, 7) is 2.26. The molecule has 0 bridgehead atoms. The lowest BCUT2D eigenvalue weighted by molar-refractivity contribution is -0.155. The van der Waals surface area contributed by atoms with Crippen LogP contribution in [0.3, 0.4) is 0 Å². The summed E-state index contributed by atoms with van der Waals surface area (Å²) in [6.07, 6.45) is 1.77. The molecular weight excluding hydrogens is 289 g/mol. The van der Waals surface area contributed by atoms with Gasteiger partial charge in [0, 0.05) is 13.0 Å². The summed E-state index contributed by atoms with van der Waals surface area (Å²) in [5.41, 5.74) is -1.11. The zero-order chi connectivity index (χ0) is 16.2. The van der Waals surface area contributed by atoms with E-state index in [1.54, 1.807) is 19.1 Å². The molecule has 22 heavy (non-hydrogen) atoms. The molecule has 1 N–H and O–H groups in total. The van der Waals surface area contributed by atoms with E-state index in [-0.39, 0.29) is 24.7 Å². The van der Waals surface area contributed by atoms with Gasteiger partial charge in [-0.2, -0.15) is 0 Å². The zero-order valence-electron chi connectivity index (χ0n) is 12.5. The Hall–Kier alpha value is -2.11. The van der Waals surface area contributed by atoms with Gasteiger partial charge in [-0.3, -0.25) is 4.79 Å². The van der Waals surface area contributed by atoms with Gasteiger partial charge >= 0.3 is 5.97 Å². The number of amides is 1. The van der Waals surface area contributed by atoms with Crippen molar-refractivity contribution in [2.24, 2.45) is 0 Å². The molecule has 1 amide bonds. The molecule has 1 heterocycles. The molecule has 0 saturated carbocycles. The van der Waals surface area contributed by atoms with Crippen LogP contribution in [0.25, 0.3) is 0 Å². The molecule has 1 aliphatic rings. The lowest BCUT2D eigenvalue weighted by Gasteiger charge is -2.31. The summed E-state index contributed by atoms with van der Waals surface area (Å²) in [5, 5.41) is 9.28. The van der Waals surface area contributed by atoms with Crippen LogP contribution < -0.4 is 4.74 Å². The molecule has 1 unspecified atom stereocenters. The zero-order valence-corrected chi connectivity index (χ0v) is 12.5. The van der Waals surface area contributed by atoms with E-state index in [0.717, 1.165) is 0 Å². The Bertz CT molecular complexity index is 563. The van der Waals surface area contributed by atoms with E-state index in [1.807, 2.05) is 0 Å². The molecule has 5 nitrogen and oxygen atoms in total. The fourth-order valence-electron chi connectivity index (χ4n) is 2.69. The summed E-state index contributed by atoms with van der Waals surface area (Å²) in [7, 11) is 0. The van der Waals surface area contributed by atoms with E-state index in [4.69, 9.17) is 4.74 Å². The Morgan fingerprint density at radius 1 is 1.41 bits per heavy atom. The largest absolute Gasteiger partial charge is 0.491 e. The number of carboxylic acid groups (broad SMARTS) is 1. The molecule has 120 valence electrons. The first kappa shape index (κ1) is 16.3. The molecule has 1 atom stereocenters. The van der Waals surface area contributed by atoms with Gasteiger partial charge in [-0.1, -0.05) is 12.1 Å². The van der Waals surface area contributed by atoms with Crippen molar-refractivity contribution in [2.45, 2.75) is 38.1 Å². The van der Waals surface area contributed by atoms with E-state index in [0.29, 0.717) is 25.8 Å². The van der Waals surface area contributed by atoms with Crippen molar-refractivity contribution in [1.29, 1.82) is 0 Å². The highest BCUT2D eigenvalue weighted by Crippen LogP contribution is 2.30. The average molecular weight is 309 g/mol. The molecule has 0 radical (unpaired) electrons. The molecule has 0 spiro atoms. The second-order valence-electron chi connectivity index (χ2n) is 5.61. The highest BCUT2D eigenvalue weighted by Gasteiger charge is 2.45. The maximum Gasteiger partial charge on any atom is 0.329 e. The van der Waals surface area contributed by atoms with Gasteiger partial charge in [-0.05, 0) is 38.3 Å². The number of hydrogen-bond donors (Lipinski definition) is 1. The third-order valence-electron chi connectivity index (χ3n) is 4.03. The van der Waals surface area contributed by atoms with Gasteiger partial charge in [-0.25, -0.2) is 9.18 Å². The van der Waals surface area contributed by atoms with Crippen LogP contribution in [0.2, 0.25) is 0 Å². The Kier molecular flexibility index (Phi) is 5.00. The average Bonchev–Trinajstić information content (AvgIpc) is 2.88. The maximum absolute atomic E-state index is 13.3. The fraction of sp³-hybridized carbons (Fsp3) is 0.500. The first-order valence-corrected chi connectivity index (χ1v) is 7.36. The number of benzene rings is 1. The van der Waals surface area contributed by atoms with Crippen LogP contribution in [0.4, 0.5) is 4.39 Å². The summed E-state index contributed by atoms with van der Waals surface area (Å²) < 4.78 is 18.6. The minimum atomic E-state index is -1.11. The fourth-order valence-corrected chi connectivity index (χ4v) is 2.69. The number of para-hydroxylation sites is 1. The minimum absolute atomic E-state index is 0.159. The quantitative estimate of drug-likeness (QED) is 0.820. The van der Waals surface area contributed by atoms with E-state index < -0.39 is 17.3 Å². The molecule has 1 aliphatic heterocycles. The van der Waals surface area contributed by atoms with Crippen LogP contribution in [-0.2, 0) is 9.59 Å². The third-order valence-corrected chi connectivity index (χ3v) is 4.03. The molecule has 1 fully saturated rings. The van der Waals surface area contributed by atoms with Crippen molar-refractivity contribution in [3.63, 3.8) is 0 Å². The topological polar surface area (TPSA) is 66.8 Å². The van der Waals surface area contributed by atoms with Crippen LogP contribution in [-0.4, -0.2) is 40.6 Å². The van der Waals surface area contributed by atoms with Crippen LogP contribution in [0.5, 0.6) is 5.75 Å². The smallest absolute Gasteiger partial charge is 0.329 e. The number of rotatable bonds is 6. The summed E-state index contributed by atoms with van der Waals surface area (Å²) in [5.74, 6) is -1.45. The Labute approximate surface area is 128 Å². The second-order valence-corrected chi connectivity index (χ2v) is 5.61. The molecule has 6 heteroatoms. The molecule has 1 aromatic rings. The first-order valence-electron chi connectivity index (χ1n) is 7.36. The predicted octanol–water partition coefficient (Wildman–Crippen LogP) is 2.45. The molecular formula is C16H20FNO4. The van der Waals surface area contributed by atoms with E-state index in [1.165, 1.54) is 17.0 Å². The van der Waals surface area contributed by atoms with E-state index >= 15 is 0 Å². The normalized spacial score (nSPS) is 20.9. The number of nitrogens with zero attached hydrogens (tertiary/aromatic N) is 1. The van der Waals surface area contributed by atoms with Crippen molar-refractivity contribution >= 4 is 11.9 Å². The Balaban J connectivity index is 1.81. The Morgan fingerprint density at radius 2 is 2.14 bits per heavy atom. The van der Waals surface area contributed by atoms with Crippen LogP contribution >= 0.6 is 0 Å². The lowest BCUT2D eigenvalue weighted by atomic mass is 9.99. The van der Waals surface area contributed by atoms with Gasteiger partial charge in [-0.15, -0.1) is 0 Å². The van der Waals surface area contributed by atoms with E-state index in [2.05, 4.69) is 0 Å². The Morgan fingerprint density at radius 3 is 2.82 bits per heavy atom. The van der Waals surface area contributed by atoms with Crippen molar-refractivity contribution in [3.05, 3.63) is 30.1 Å². The first-order chi connectivity index (χ1) is 10.4. The number of carbonyl (C=O) groups is 2. The summed E-state index contributed by atoms with van der Waals surface area (Å²) in [6, 6.07) is 6.08. The van der Waals surface area contributed by atoms with Crippen molar-refractivity contribution in [3.8, 4) is 5.75 Å². The lowest BCUT2D eigenvalue weighted by Crippen LogP contribution is -2.50. The summed E-state index contributed by atoms with van der Waals surface area (Å²) >= 11 is 0. The molecule has 1 saturated heterocycles. The van der Waals surface area contributed by atoms with Gasteiger partial charge < -0.3 is 14.7 Å². The van der Waals surface area contributed by atoms with Gasteiger partial charge in [0.2, 0.25) is 5.91 Å². The van der Waals surface area contributed by atoms with Crippen molar-refractivity contribution < 1.29 is 23.8 Å². The standard InChI is InChI=1S/C16H20FNO4/c1-16(15(20)21)9-5-10-18(16)14(19)8-4-11-22-13-7-3-2-6-12(13)17/h2-3,6-7H,4-5,8-11H2,1H3,(H,20,21). The number of likely N-dealkylation sites (tertiary alicyclic amines) is 1. The SMILES string of the molecule is CC1(C(=O)O)CCCN1C(=O)CCCOc1ccccc1F. The maximum atomic E-state index is 13.3. The van der Waals surface area contributed by atoms with Gasteiger partial charge in [0.25, 0.3) is 0 Å². The number of carboxylic acids is 1. The molecule has 0 aliphatic carbocycles. The monoisotopic (exact) mass is 309 g/mol. The van der Waals surface area contributed by atoms with Gasteiger partial charge in [0.15, 0.2) is 11.6 Å². The second kappa shape index (κ2) is 6.77. The van der Waals surface area contributed by atoms with Crippen molar-refractivity contribution in [2.75, 3.05) is 13.2 Å². The molecule has 1 aromatic carbocycles. The molecule has 2 rings (SSSR count). The van der Waals surface area contributed by atoms with Gasteiger partial charge in [0.05, 0.1) is 6.61 Å². The van der Waals surface area contributed by atoms with Gasteiger partial charge in [0.1, 0.15) is 5.54 Å². The number of hydrogen-bond acceptors (Lipinski definition) is 3. The third kappa shape index (κ3) is 3.37. The highest BCUT2D eigenvalue weighted by atomic mass is 19.1. The molecule has 0 aromatic heterocycles.